The van der Waals surface area contributed by atoms with E-state index in [9.17, 15) is 0 Å². The third-order valence-corrected chi connectivity index (χ3v) is 2.42. The number of hydrogen-bond acceptors (Lipinski definition) is 3. The van der Waals surface area contributed by atoms with Crippen LogP contribution in [0.25, 0.3) is 0 Å². The molecule has 0 spiro atoms. The van der Waals surface area contributed by atoms with Gasteiger partial charge < -0.3 is 0 Å². The lowest BCUT2D eigenvalue weighted by atomic mass is 10.2. The normalized spacial score (nSPS) is 11.1. The summed E-state index contributed by atoms with van der Waals surface area (Å²) < 4.78 is 2.16. The Bertz CT molecular complexity index is 539. The van der Waals surface area contributed by atoms with E-state index in [2.05, 4.69) is 15.3 Å². The Kier molecular flexibility index (Phi) is 3.26. The number of nitrogens with zero attached hydrogens (tertiary/aromatic N) is 3. The number of hydrogen-bond donors (Lipinski definition) is 1. The second-order valence-electron chi connectivity index (χ2n) is 3.27. The molecule has 0 aliphatic heterocycles. The second-order valence-corrected chi connectivity index (χ2v) is 3.65. The largest absolute Gasteiger partial charge is 0.250 e. The fourth-order valence-electron chi connectivity index (χ4n) is 1.34. The maximum absolute atomic E-state index is 5.09. The molecule has 1 N–H and O–H groups in total. The van der Waals surface area contributed by atoms with Crippen molar-refractivity contribution in [1.82, 2.24) is 14.9 Å². The molecule has 0 saturated carbocycles. The standard InChI is InChI=1S/C11H12N4S/c1-2-10-13-14-11(16)15(10)12-8-9-6-4-3-5-7-9/h3-8H,2H2,1H3,(H,14,16). The van der Waals surface area contributed by atoms with E-state index in [4.69, 9.17) is 12.2 Å². The molecule has 0 radical (unpaired) electrons. The maximum atomic E-state index is 5.09. The van der Waals surface area contributed by atoms with Gasteiger partial charge in [-0.25, -0.2) is 0 Å². The predicted molar refractivity (Wildman–Crippen MR) is 66.2 cm³/mol. The summed E-state index contributed by atoms with van der Waals surface area (Å²) in [4.78, 5) is 0. The van der Waals surface area contributed by atoms with E-state index in [0.29, 0.717) is 4.77 Å². The zero-order chi connectivity index (χ0) is 11.4. The Hall–Kier alpha value is -1.75. The number of H-pyrrole nitrogens is 1. The molecule has 0 unspecified atom stereocenters. The van der Waals surface area contributed by atoms with Crippen molar-refractivity contribution in [3.63, 3.8) is 0 Å². The highest BCUT2D eigenvalue weighted by Crippen LogP contribution is 1.99. The van der Waals surface area contributed by atoms with Crippen molar-refractivity contribution in [2.24, 2.45) is 5.10 Å². The zero-order valence-electron chi connectivity index (χ0n) is 8.92. The molecular formula is C11H12N4S. The van der Waals surface area contributed by atoms with Gasteiger partial charge in [0.15, 0.2) is 5.82 Å². The second kappa shape index (κ2) is 4.85. The molecule has 1 aromatic carbocycles. The molecule has 0 bridgehead atoms. The topological polar surface area (TPSA) is 46.0 Å². The van der Waals surface area contributed by atoms with Crippen LogP contribution in [-0.4, -0.2) is 21.1 Å². The molecule has 5 heteroatoms. The van der Waals surface area contributed by atoms with E-state index >= 15 is 0 Å². The van der Waals surface area contributed by atoms with Gasteiger partial charge in [-0.15, -0.1) is 0 Å². The van der Waals surface area contributed by atoms with Crippen LogP contribution < -0.4 is 0 Å². The Morgan fingerprint density at radius 1 is 1.44 bits per heavy atom. The summed E-state index contributed by atoms with van der Waals surface area (Å²) in [5.74, 6) is 0.831. The van der Waals surface area contributed by atoms with E-state index in [0.717, 1.165) is 17.8 Å². The molecule has 1 heterocycles. The first-order valence-electron chi connectivity index (χ1n) is 5.07. The van der Waals surface area contributed by atoms with Gasteiger partial charge in [0.1, 0.15) is 0 Å². The summed E-state index contributed by atoms with van der Waals surface area (Å²) in [5.41, 5.74) is 1.03. The van der Waals surface area contributed by atoms with Crippen molar-refractivity contribution >= 4 is 18.4 Å². The SMILES string of the molecule is CCc1n[nH]c(=S)n1N=Cc1ccccc1. The summed E-state index contributed by atoms with van der Waals surface area (Å²) in [6.45, 7) is 2.01. The van der Waals surface area contributed by atoms with Gasteiger partial charge in [0.05, 0.1) is 6.21 Å². The number of aromatic nitrogens is 3. The lowest BCUT2D eigenvalue weighted by Gasteiger charge is -1.96. The maximum Gasteiger partial charge on any atom is 0.216 e. The Morgan fingerprint density at radius 3 is 2.88 bits per heavy atom. The lowest BCUT2D eigenvalue weighted by Crippen LogP contribution is -1.97. The highest BCUT2D eigenvalue weighted by Gasteiger charge is 2.00. The molecular weight excluding hydrogens is 220 g/mol. The van der Waals surface area contributed by atoms with Crippen LogP contribution in [-0.2, 0) is 6.42 Å². The number of aromatic amines is 1. The fourth-order valence-corrected chi connectivity index (χ4v) is 1.53. The summed E-state index contributed by atoms with van der Waals surface area (Å²) in [5, 5.41) is 11.1. The minimum Gasteiger partial charge on any atom is -0.250 e. The van der Waals surface area contributed by atoms with E-state index in [1.807, 2.05) is 37.3 Å². The van der Waals surface area contributed by atoms with Gasteiger partial charge in [0, 0.05) is 6.42 Å². The van der Waals surface area contributed by atoms with E-state index in [1.54, 1.807) is 10.9 Å². The quantitative estimate of drug-likeness (QED) is 0.652. The van der Waals surface area contributed by atoms with Gasteiger partial charge in [-0.05, 0) is 17.8 Å². The smallest absolute Gasteiger partial charge is 0.216 e. The van der Waals surface area contributed by atoms with Crippen LogP contribution in [0.2, 0.25) is 0 Å². The van der Waals surface area contributed by atoms with Crippen molar-refractivity contribution in [2.45, 2.75) is 13.3 Å². The van der Waals surface area contributed by atoms with Crippen molar-refractivity contribution in [3.8, 4) is 0 Å². The molecule has 0 fully saturated rings. The van der Waals surface area contributed by atoms with Gasteiger partial charge in [0.2, 0.25) is 4.77 Å². The van der Waals surface area contributed by atoms with Gasteiger partial charge in [0.25, 0.3) is 0 Å². The first-order valence-corrected chi connectivity index (χ1v) is 5.48. The Labute approximate surface area is 98.6 Å². The van der Waals surface area contributed by atoms with Gasteiger partial charge in [-0.3, -0.25) is 5.10 Å². The molecule has 1 aromatic heterocycles. The molecule has 0 amide bonds. The first kappa shape index (κ1) is 10.8. The predicted octanol–water partition coefficient (Wildman–Crippen LogP) is 2.39. The summed E-state index contributed by atoms with van der Waals surface area (Å²) in [6.07, 6.45) is 2.56. The number of nitrogens with one attached hydrogen (secondary N) is 1. The third kappa shape index (κ3) is 2.25. The molecule has 2 aromatic rings. The average Bonchev–Trinajstić information content (AvgIpc) is 2.69. The fraction of sp³-hybridized carbons (Fsp3) is 0.182. The van der Waals surface area contributed by atoms with Gasteiger partial charge in [-0.2, -0.15) is 14.9 Å². The third-order valence-electron chi connectivity index (χ3n) is 2.16. The summed E-state index contributed by atoms with van der Waals surface area (Å²) >= 11 is 5.09. The number of rotatable bonds is 3. The molecule has 16 heavy (non-hydrogen) atoms. The molecule has 82 valence electrons. The average molecular weight is 232 g/mol. The van der Waals surface area contributed by atoms with Crippen molar-refractivity contribution in [1.29, 1.82) is 0 Å². The molecule has 0 aliphatic carbocycles. The monoisotopic (exact) mass is 232 g/mol. The number of benzene rings is 1. The molecule has 2 rings (SSSR count). The Balaban J connectivity index is 2.30. The van der Waals surface area contributed by atoms with Crippen LogP contribution >= 0.6 is 12.2 Å². The minimum absolute atomic E-state index is 0.518. The molecule has 0 aliphatic rings. The van der Waals surface area contributed by atoms with Gasteiger partial charge in [-0.1, -0.05) is 37.3 Å². The van der Waals surface area contributed by atoms with Crippen LogP contribution in [0.15, 0.2) is 35.4 Å². The van der Waals surface area contributed by atoms with Crippen LogP contribution in [0.1, 0.15) is 18.3 Å². The summed E-state index contributed by atoms with van der Waals surface area (Å²) in [7, 11) is 0. The van der Waals surface area contributed by atoms with E-state index in [1.165, 1.54) is 0 Å². The zero-order valence-corrected chi connectivity index (χ0v) is 9.74. The van der Waals surface area contributed by atoms with E-state index in [-0.39, 0.29) is 0 Å². The van der Waals surface area contributed by atoms with Crippen LogP contribution in [0, 0.1) is 4.77 Å². The van der Waals surface area contributed by atoms with Crippen LogP contribution in [0.3, 0.4) is 0 Å². The highest BCUT2D eigenvalue weighted by atomic mass is 32.1. The first-order chi connectivity index (χ1) is 7.81. The van der Waals surface area contributed by atoms with Crippen molar-refractivity contribution in [2.75, 3.05) is 0 Å². The van der Waals surface area contributed by atoms with Crippen LogP contribution in [0.4, 0.5) is 0 Å². The molecule has 4 nitrogen and oxygen atoms in total. The highest BCUT2D eigenvalue weighted by molar-refractivity contribution is 7.71. The molecule has 0 atom stereocenters. The lowest BCUT2D eigenvalue weighted by molar-refractivity contribution is 0.780. The number of aryl methyl sites for hydroxylation is 1. The summed E-state index contributed by atoms with van der Waals surface area (Å²) in [6, 6.07) is 9.88. The van der Waals surface area contributed by atoms with Gasteiger partial charge >= 0.3 is 0 Å². The van der Waals surface area contributed by atoms with Crippen molar-refractivity contribution < 1.29 is 0 Å². The minimum atomic E-state index is 0.518. The van der Waals surface area contributed by atoms with Crippen LogP contribution in [0.5, 0.6) is 0 Å². The van der Waals surface area contributed by atoms with E-state index < -0.39 is 0 Å². The molecule has 0 saturated heterocycles. The Morgan fingerprint density at radius 2 is 2.19 bits per heavy atom. The van der Waals surface area contributed by atoms with Crippen molar-refractivity contribution in [3.05, 3.63) is 46.5 Å².